The molecular formula is C49H56N2O14. The van der Waals surface area contributed by atoms with Gasteiger partial charge in [0.05, 0.1) is 35.6 Å². The molecule has 1 amide bonds. The van der Waals surface area contributed by atoms with Crippen LogP contribution in [0.5, 0.6) is 0 Å². The lowest BCUT2D eigenvalue weighted by Crippen LogP contribution is -2.82. The van der Waals surface area contributed by atoms with E-state index < -0.39 is 113 Å². The van der Waals surface area contributed by atoms with Crippen molar-refractivity contribution in [1.82, 2.24) is 5.32 Å². The summed E-state index contributed by atoms with van der Waals surface area (Å²) in [4.78, 5) is 85.9. The van der Waals surface area contributed by atoms with Crippen molar-refractivity contribution in [2.45, 2.75) is 108 Å². The third kappa shape index (κ3) is 8.00. The summed E-state index contributed by atoms with van der Waals surface area (Å²) >= 11 is 0. The van der Waals surface area contributed by atoms with E-state index in [0.717, 1.165) is 19.5 Å². The van der Waals surface area contributed by atoms with E-state index in [1.165, 1.54) is 26.0 Å². The van der Waals surface area contributed by atoms with Crippen LogP contribution in [0.2, 0.25) is 0 Å². The Balaban J connectivity index is 1.36. The second kappa shape index (κ2) is 17.5. The van der Waals surface area contributed by atoms with E-state index in [-0.39, 0.29) is 35.3 Å². The first-order valence-electron chi connectivity index (χ1n) is 21.5. The van der Waals surface area contributed by atoms with Gasteiger partial charge in [0, 0.05) is 57.5 Å². The normalized spacial score (nSPS) is 30.9. The highest BCUT2D eigenvalue weighted by Gasteiger charge is 2.78. The molecule has 0 radical (unpaired) electrons. The second-order valence-electron chi connectivity index (χ2n) is 18.4. The van der Waals surface area contributed by atoms with E-state index in [9.17, 15) is 39.3 Å². The fraction of sp³-hybridized carbons (Fsp3) is 0.469. The van der Waals surface area contributed by atoms with E-state index in [1.54, 1.807) is 86.6 Å². The van der Waals surface area contributed by atoms with Gasteiger partial charge in [0.15, 0.2) is 23.6 Å². The average molecular weight is 897 g/mol. The van der Waals surface area contributed by atoms with Crippen molar-refractivity contribution >= 4 is 41.3 Å². The number of ketones is 1. The highest BCUT2D eigenvalue weighted by Crippen LogP contribution is 2.64. The van der Waals surface area contributed by atoms with Crippen molar-refractivity contribution in [2.75, 3.05) is 25.6 Å². The molecule has 16 nitrogen and oxygen atoms in total. The monoisotopic (exact) mass is 896 g/mol. The van der Waals surface area contributed by atoms with Crippen LogP contribution in [0.4, 0.5) is 5.69 Å². The number of nitrogens with one attached hydrogen (secondary N) is 1. The summed E-state index contributed by atoms with van der Waals surface area (Å²) in [5, 5.41) is 40.5. The number of hydrogen-bond acceptors (Lipinski definition) is 15. The number of esters is 4. The molecule has 0 aromatic heterocycles. The quantitative estimate of drug-likeness (QED) is 0.122. The number of benzene rings is 3. The van der Waals surface area contributed by atoms with Gasteiger partial charge in [-0.25, -0.2) is 9.59 Å². The van der Waals surface area contributed by atoms with E-state index in [2.05, 4.69) is 5.32 Å². The Hall–Kier alpha value is -5.94. The molecule has 16 heteroatoms. The number of ether oxygens (including phenoxy) is 5. The molecule has 3 aromatic rings. The maximum absolute atomic E-state index is 15.5. The molecule has 65 heavy (non-hydrogen) atoms. The van der Waals surface area contributed by atoms with Gasteiger partial charge in [-0.05, 0) is 67.0 Å². The smallest absolute Gasteiger partial charge is 0.338 e. The van der Waals surface area contributed by atoms with Crippen LogP contribution in [0, 0.1) is 16.7 Å². The Morgan fingerprint density at radius 1 is 0.846 bits per heavy atom. The van der Waals surface area contributed by atoms with Gasteiger partial charge in [0.2, 0.25) is 0 Å². The maximum atomic E-state index is 15.5. The molecule has 0 spiro atoms. The minimum atomic E-state index is -2.40. The number of carbonyl (C=O) groups is 6. The molecule has 7 rings (SSSR count). The molecule has 4 N–H and O–H groups in total. The number of Topliss-reactive ketones (excluding diaryl/α,β-unsaturated/α-hetero) is 1. The van der Waals surface area contributed by atoms with Crippen molar-refractivity contribution in [3.05, 3.63) is 113 Å². The van der Waals surface area contributed by atoms with Crippen LogP contribution in [0.3, 0.4) is 0 Å². The van der Waals surface area contributed by atoms with Crippen molar-refractivity contribution < 1.29 is 67.8 Å². The fourth-order valence-electron chi connectivity index (χ4n) is 10.5. The topological polar surface area (TPSA) is 225 Å². The Kier molecular flexibility index (Phi) is 12.6. The van der Waals surface area contributed by atoms with Crippen LogP contribution in [0.1, 0.15) is 86.7 Å². The molecule has 1 saturated heterocycles. The highest BCUT2D eigenvalue weighted by atomic mass is 16.6. The summed E-state index contributed by atoms with van der Waals surface area (Å²) in [6.07, 6.45) is -10.6. The first-order chi connectivity index (χ1) is 30.6. The molecule has 1 heterocycles. The van der Waals surface area contributed by atoms with Crippen molar-refractivity contribution in [1.29, 1.82) is 0 Å². The summed E-state index contributed by atoms with van der Waals surface area (Å²) in [6.45, 7) is 7.98. The predicted octanol–water partition coefficient (Wildman–Crippen LogP) is 3.80. The molecule has 3 aromatic carbocycles. The molecule has 2 bridgehead atoms. The summed E-state index contributed by atoms with van der Waals surface area (Å²) in [7, 11) is 3.70. The zero-order valence-electron chi connectivity index (χ0n) is 37.6. The molecular weight excluding hydrogens is 841 g/mol. The largest absolute Gasteiger partial charge is 0.456 e. The summed E-state index contributed by atoms with van der Waals surface area (Å²) in [6, 6.07) is 21.5. The Bertz CT molecular complexity index is 2390. The number of amides is 1. The van der Waals surface area contributed by atoms with Gasteiger partial charge in [0.1, 0.15) is 23.9 Å². The van der Waals surface area contributed by atoms with Crippen LogP contribution in [0.15, 0.2) is 96.1 Å². The van der Waals surface area contributed by atoms with Crippen molar-refractivity contribution in [2.24, 2.45) is 16.7 Å². The molecule has 11 atom stereocenters. The van der Waals surface area contributed by atoms with Crippen LogP contribution in [-0.4, -0.2) is 119 Å². The number of carbonyl (C=O) groups excluding carboxylic acids is 6. The third-order valence-corrected chi connectivity index (χ3v) is 14.1. The van der Waals surface area contributed by atoms with Gasteiger partial charge in [-0.1, -0.05) is 62.4 Å². The molecule has 2 saturated carbocycles. The van der Waals surface area contributed by atoms with Gasteiger partial charge >= 0.3 is 23.9 Å². The molecule has 3 aliphatic carbocycles. The second-order valence-corrected chi connectivity index (χ2v) is 18.4. The molecule has 4 aliphatic rings. The minimum absolute atomic E-state index is 0.00558. The highest BCUT2D eigenvalue weighted by molar-refractivity contribution is 5.96. The SMILES string of the molecule is CC(=O)OC1C(=O)C2(C)C(O)CC3OCC3(OC(C)=O)C2C(OC(=O)c2ccccc2)C2(O)CC(OC(=O)C(O)C(NC(=O)c3ccc(N(C)C)cc3)c3ccccc3)C(C)=C1C2(C)C. The van der Waals surface area contributed by atoms with Gasteiger partial charge in [-0.15, -0.1) is 0 Å². The Morgan fingerprint density at radius 2 is 1.46 bits per heavy atom. The molecule has 1 aliphatic heterocycles. The first kappa shape index (κ1) is 47.0. The Morgan fingerprint density at radius 3 is 2.02 bits per heavy atom. The van der Waals surface area contributed by atoms with E-state index in [1.807, 2.05) is 19.0 Å². The van der Waals surface area contributed by atoms with Crippen molar-refractivity contribution in [3.8, 4) is 0 Å². The van der Waals surface area contributed by atoms with Gasteiger partial charge in [0.25, 0.3) is 5.91 Å². The van der Waals surface area contributed by atoms with E-state index in [4.69, 9.17) is 23.7 Å². The number of nitrogens with zero attached hydrogens (tertiary/aromatic N) is 1. The number of aliphatic hydroxyl groups excluding tert-OH is 2. The summed E-state index contributed by atoms with van der Waals surface area (Å²) in [5.74, 6) is -6.87. The molecule has 3 fully saturated rings. The van der Waals surface area contributed by atoms with Crippen LogP contribution >= 0.6 is 0 Å². The van der Waals surface area contributed by atoms with Gasteiger partial charge in [-0.3, -0.25) is 19.2 Å². The number of hydrogen-bond donors (Lipinski definition) is 4. The van der Waals surface area contributed by atoms with E-state index >= 15 is 4.79 Å². The van der Waals surface area contributed by atoms with Gasteiger partial charge in [-0.2, -0.15) is 0 Å². The third-order valence-electron chi connectivity index (χ3n) is 14.1. The van der Waals surface area contributed by atoms with E-state index in [0.29, 0.717) is 5.56 Å². The lowest BCUT2D eigenvalue weighted by Gasteiger charge is -2.67. The lowest BCUT2D eigenvalue weighted by molar-refractivity contribution is -0.346. The number of rotatable bonds is 11. The fourth-order valence-corrected chi connectivity index (χ4v) is 10.5. The van der Waals surface area contributed by atoms with Gasteiger partial charge < -0.3 is 49.2 Å². The number of aliphatic hydroxyl groups is 3. The molecule has 11 unspecified atom stereocenters. The summed E-state index contributed by atoms with van der Waals surface area (Å²) < 4.78 is 30.4. The minimum Gasteiger partial charge on any atom is -0.456 e. The zero-order valence-corrected chi connectivity index (χ0v) is 37.6. The molecule has 346 valence electrons. The Labute approximate surface area is 376 Å². The van der Waals surface area contributed by atoms with Crippen LogP contribution < -0.4 is 10.2 Å². The lowest BCUT2D eigenvalue weighted by atomic mass is 9.44. The first-order valence-corrected chi connectivity index (χ1v) is 21.5. The maximum Gasteiger partial charge on any atom is 0.338 e. The number of fused-ring (bicyclic) bond motifs is 5. The zero-order chi connectivity index (χ0) is 47.4. The predicted molar refractivity (Wildman–Crippen MR) is 232 cm³/mol. The van der Waals surface area contributed by atoms with Crippen LogP contribution in [-0.2, 0) is 42.9 Å². The standard InChI is InChI=1S/C49H56N2O14/c1-26-33(63-45(59)38(55)37(29-15-11-9-12-16-29)50-43(57)30-19-21-32(22-20-30)51(7)8)24-49(60)42(64-44(58)31-17-13-10-14-18-31)40-47(6,34(54)23-35-48(40,25-61-35)65-28(3)53)41(56)39(62-27(2)52)36(26)46(49,4)5/h9-22,33-35,37-40,42,54-55,60H,23-25H2,1-8H3,(H,50,57). The average Bonchev–Trinajstić information content (AvgIpc) is 3.26. The number of anilines is 1. The summed E-state index contributed by atoms with van der Waals surface area (Å²) in [5.41, 5.74) is -6.23. The van der Waals surface area contributed by atoms with Crippen molar-refractivity contribution in [3.63, 3.8) is 0 Å². The van der Waals surface area contributed by atoms with Crippen LogP contribution in [0.25, 0.3) is 0 Å².